The van der Waals surface area contributed by atoms with Crippen LogP contribution in [0.25, 0.3) is 10.2 Å². The number of anilines is 1. The van der Waals surface area contributed by atoms with E-state index in [-0.39, 0.29) is 12.5 Å². The van der Waals surface area contributed by atoms with Gasteiger partial charge >= 0.3 is 0 Å². The second-order valence-electron chi connectivity index (χ2n) is 5.96. The van der Waals surface area contributed by atoms with E-state index in [1.165, 1.54) is 28.7 Å². The van der Waals surface area contributed by atoms with Crippen molar-refractivity contribution in [3.63, 3.8) is 0 Å². The predicted octanol–water partition coefficient (Wildman–Crippen LogP) is 3.48. The summed E-state index contributed by atoms with van der Waals surface area (Å²) in [4.78, 5) is 27.5. The van der Waals surface area contributed by atoms with Crippen molar-refractivity contribution >= 4 is 44.2 Å². The zero-order valence-corrected chi connectivity index (χ0v) is 16.0. The number of benzene rings is 1. The van der Waals surface area contributed by atoms with Gasteiger partial charge in [0.05, 0.1) is 22.5 Å². The van der Waals surface area contributed by atoms with Gasteiger partial charge in [0.1, 0.15) is 19.2 Å². The minimum absolute atomic E-state index is 0.0719. The molecule has 9 heteroatoms. The normalized spacial score (nSPS) is 11.0. The van der Waals surface area contributed by atoms with E-state index >= 15 is 0 Å². The topological polar surface area (TPSA) is 76.8 Å². The lowest BCUT2D eigenvalue weighted by atomic mass is 10.2. The van der Waals surface area contributed by atoms with Crippen molar-refractivity contribution in [2.24, 2.45) is 0 Å². The molecule has 0 N–H and O–H groups in total. The zero-order chi connectivity index (χ0) is 18.8. The number of amides is 1. The second-order valence-corrected chi connectivity index (χ2v) is 7.41. The van der Waals surface area contributed by atoms with Crippen LogP contribution < -0.4 is 4.90 Å². The van der Waals surface area contributed by atoms with E-state index in [0.717, 1.165) is 21.5 Å². The molecule has 0 aliphatic rings. The first-order valence-electron chi connectivity index (χ1n) is 8.19. The molecule has 0 saturated heterocycles. The molecule has 27 heavy (non-hydrogen) atoms. The summed E-state index contributed by atoms with van der Waals surface area (Å²) in [5.74, 6) is -0.144. The molecule has 0 fully saturated rings. The number of carbonyl (C=O) groups excluding carboxylic acids is 1. The molecule has 4 rings (SSSR count). The van der Waals surface area contributed by atoms with Gasteiger partial charge in [-0.1, -0.05) is 29.0 Å². The van der Waals surface area contributed by atoms with Gasteiger partial charge in [-0.2, -0.15) is 5.10 Å². The van der Waals surface area contributed by atoms with Gasteiger partial charge in [-0.15, -0.1) is 0 Å². The summed E-state index contributed by atoms with van der Waals surface area (Å²) >= 11 is 7.60. The maximum atomic E-state index is 13.0. The fourth-order valence-corrected chi connectivity index (χ4v) is 4.15. The van der Waals surface area contributed by atoms with Crippen molar-refractivity contribution in [1.82, 2.24) is 24.7 Å². The van der Waals surface area contributed by atoms with Gasteiger partial charge in [0.2, 0.25) is 0 Å². The second kappa shape index (κ2) is 7.42. The van der Waals surface area contributed by atoms with Crippen LogP contribution in [0.5, 0.6) is 0 Å². The molecule has 0 bridgehead atoms. The summed E-state index contributed by atoms with van der Waals surface area (Å²) in [5, 5.41) is 5.27. The molecule has 0 spiro atoms. The zero-order valence-electron chi connectivity index (χ0n) is 14.4. The van der Waals surface area contributed by atoms with E-state index in [0.29, 0.717) is 16.7 Å². The van der Waals surface area contributed by atoms with Gasteiger partial charge in [0.25, 0.3) is 5.91 Å². The molecule has 7 nitrogen and oxygen atoms in total. The summed E-state index contributed by atoms with van der Waals surface area (Å²) < 4.78 is 2.43. The van der Waals surface area contributed by atoms with Crippen molar-refractivity contribution in [1.29, 1.82) is 0 Å². The van der Waals surface area contributed by atoms with Crippen LogP contribution in [0, 0.1) is 6.92 Å². The highest BCUT2D eigenvalue weighted by Gasteiger charge is 2.22. The summed E-state index contributed by atoms with van der Waals surface area (Å²) in [6.07, 6.45) is 4.62. The molecular weight excluding hydrogens is 384 g/mol. The molecule has 3 aromatic heterocycles. The van der Waals surface area contributed by atoms with E-state index in [1.54, 1.807) is 11.1 Å². The highest BCUT2D eigenvalue weighted by atomic mass is 35.5. The number of thiazole rings is 1. The number of halogens is 1. The van der Waals surface area contributed by atoms with E-state index in [2.05, 4.69) is 15.1 Å². The van der Waals surface area contributed by atoms with Gasteiger partial charge in [0, 0.05) is 11.2 Å². The minimum Gasteiger partial charge on any atom is -0.280 e. The fourth-order valence-electron chi connectivity index (χ4n) is 2.71. The summed E-state index contributed by atoms with van der Waals surface area (Å²) in [6.45, 7) is 2.35. The number of hydrogen-bond acceptors (Lipinski definition) is 6. The van der Waals surface area contributed by atoms with Crippen LogP contribution in [0.15, 0.2) is 49.2 Å². The largest absolute Gasteiger partial charge is 0.280 e. The van der Waals surface area contributed by atoms with E-state index < -0.39 is 0 Å². The first-order chi connectivity index (χ1) is 13.1. The summed E-state index contributed by atoms with van der Waals surface area (Å²) in [6, 6.07) is 9.35. The SMILES string of the molecule is Cc1cc(Cl)cc2sc(N(Cc3ccccn3)C(=O)Cn3cncn3)nc12. The van der Waals surface area contributed by atoms with Crippen molar-refractivity contribution in [2.75, 3.05) is 4.90 Å². The lowest BCUT2D eigenvalue weighted by Gasteiger charge is -2.19. The van der Waals surface area contributed by atoms with Gasteiger partial charge in [0.15, 0.2) is 5.13 Å². The van der Waals surface area contributed by atoms with E-state index in [1.807, 2.05) is 37.3 Å². The van der Waals surface area contributed by atoms with Gasteiger partial charge < -0.3 is 0 Å². The molecule has 1 amide bonds. The minimum atomic E-state index is -0.144. The van der Waals surface area contributed by atoms with Crippen LogP contribution in [-0.2, 0) is 17.9 Å². The number of pyridine rings is 1. The molecule has 3 heterocycles. The van der Waals surface area contributed by atoms with E-state index in [4.69, 9.17) is 16.6 Å². The standard InChI is InChI=1S/C18H15ClN6OS/c1-12-6-13(19)7-15-17(12)23-18(27-15)25(8-14-4-2-3-5-21-14)16(26)9-24-11-20-10-22-24/h2-7,10-11H,8-9H2,1H3. The molecule has 0 unspecified atom stereocenters. The molecule has 0 aliphatic carbocycles. The quantitative estimate of drug-likeness (QED) is 0.514. The molecule has 0 saturated carbocycles. The Bertz CT molecular complexity index is 1080. The van der Waals surface area contributed by atoms with Crippen molar-refractivity contribution in [2.45, 2.75) is 20.0 Å². The highest BCUT2D eigenvalue weighted by Crippen LogP contribution is 2.33. The third-order valence-electron chi connectivity index (χ3n) is 3.98. The van der Waals surface area contributed by atoms with Crippen LogP contribution in [0.1, 0.15) is 11.3 Å². The van der Waals surface area contributed by atoms with Gasteiger partial charge in [-0.05, 0) is 36.8 Å². The molecule has 1 aromatic carbocycles. The summed E-state index contributed by atoms with van der Waals surface area (Å²) in [7, 11) is 0. The lowest BCUT2D eigenvalue weighted by molar-refractivity contribution is -0.119. The number of fused-ring (bicyclic) bond motifs is 1. The maximum absolute atomic E-state index is 13.0. The first-order valence-corrected chi connectivity index (χ1v) is 9.39. The average molecular weight is 399 g/mol. The van der Waals surface area contributed by atoms with Gasteiger partial charge in [-0.3, -0.25) is 14.7 Å². The lowest BCUT2D eigenvalue weighted by Crippen LogP contribution is -2.33. The van der Waals surface area contributed by atoms with Crippen LogP contribution in [-0.4, -0.2) is 30.6 Å². The highest BCUT2D eigenvalue weighted by molar-refractivity contribution is 7.22. The Hall–Kier alpha value is -2.84. The number of aromatic nitrogens is 5. The fraction of sp³-hybridized carbons (Fsp3) is 0.167. The Labute approximate surface area is 164 Å². The van der Waals surface area contributed by atoms with E-state index in [9.17, 15) is 4.79 Å². The van der Waals surface area contributed by atoms with Crippen LogP contribution in [0.3, 0.4) is 0 Å². The number of carbonyl (C=O) groups is 1. The van der Waals surface area contributed by atoms with Crippen molar-refractivity contribution in [3.8, 4) is 0 Å². The van der Waals surface area contributed by atoms with Gasteiger partial charge in [-0.25, -0.2) is 14.6 Å². The molecule has 4 aromatic rings. The molecule has 0 aliphatic heterocycles. The Balaban J connectivity index is 1.72. The van der Waals surface area contributed by atoms with Crippen LogP contribution >= 0.6 is 22.9 Å². The molecule has 0 atom stereocenters. The number of hydrogen-bond donors (Lipinski definition) is 0. The Morgan fingerprint density at radius 1 is 1.33 bits per heavy atom. The third kappa shape index (κ3) is 3.81. The van der Waals surface area contributed by atoms with Crippen LogP contribution in [0.2, 0.25) is 5.02 Å². The molecular formula is C18H15ClN6OS. The average Bonchev–Trinajstić information content (AvgIpc) is 3.30. The Morgan fingerprint density at radius 2 is 2.22 bits per heavy atom. The first kappa shape index (κ1) is 17.6. The van der Waals surface area contributed by atoms with Crippen molar-refractivity contribution in [3.05, 3.63) is 65.5 Å². The number of aryl methyl sites for hydroxylation is 1. The number of rotatable bonds is 5. The summed E-state index contributed by atoms with van der Waals surface area (Å²) in [5.41, 5.74) is 2.60. The molecule has 136 valence electrons. The Morgan fingerprint density at radius 3 is 2.96 bits per heavy atom. The monoisotopic (exact) mass is 398 g/mol. The molecule has 0 radical (unpaired) electrons. The number of nitrogens with zero attached hydrogens (tertiary/aromatic N) is 6. The predicted molar refractivity (Wildman–Crippen MR) is 105 cm³/mol. The van der Waals surface area contributed by atoms with Crippen LogP contribution in [0.4, 0.5) is 5.13 Å². The maximum Gasteiger partial charge on any atom is 0.250 e. The smallest absolute Gasteiger partial charge is 0.250 e. The Kier molecular flexibility index (Phi) is 4.83. The van der Waals surface area contributed by atoms with Crippen molar-refractivity contribution < 1.29 is 4.79 Å². The third-order valence-corrected chi connectivity index (χ3v) is 5.22.